The highest BCUT2D eigenvalue weighted by molar-refractivity contribution is 5.62. The molecule has 6 heteroatoms. The Hall–Kier alpha value is -0.940. The number of hydrogen-bond donors (Lipinski definition) is 1. The molecule has 0 bridgehead atoms. The Bertz CT molecular complexity index is 97.9. The number of amides is 1. The van der Waals surface area contributed by atoms with Gasteiger partial charge in [0.05, 0.1) is 0 Å². The molecular weight excluding hydrogens is 127 g/mol. The van der Waals surface area contributed by atoms with Gasteiger partial charge in [-0.2, -0.15) is 13.2 Å². The molecule has 0 unspecified atom stereocenters. The molecule has 0 aliphatic rings. The Morgan fingerprint density at radius 2 is 1.88 bits per heavy atom. The van der Waals surface area contributed by atoms with Crippen LogP contribution in [0.25, 0.3) is 0 Å². The summed E-state index contributed by atoms with van der Waals surface area (Å²) in [5.74, 6) is 0. The smallest absolute Gasteiger partial charge is 0.483 e. The van der Waals surface area contributed by atoms with E-state index in [9.17, 15) is 13.2 Å². The van der Waals surface area contributed by atoms with Gasteiger partial charge in [0.25, 0.3) is 0 Å². The zero-order chi connectivity index (χ0) is 6.78. The van der Waals surface area contributed by atoms with Crippen LogP contribution in [0, 0.1) is 0 Å². The summed E-state index contributed by atoms with van der Waals surface area (Å²) in [4.78, 5) is 9.07. The fourth-order valence-electron chi connectivity index (χ4n) is 0.116. The second kappa shape index (κ2) is 1.89. The average molecular weight is 128 g/mol. The third-order valence-electron chi connectivity index (χ3n) is 0.244. The van der Waals surface area contributed by atoms with Crippen molar-refractivity contribution in [1.82, 2.24) is 5.32 Å². The van der Waals surface area contributed by atoms with Gasteiger partial charge in [-0.25, -0.2) is 0 Å². The van der Waals surface area contributed by atoms with E-state index in [1.54, 1.807) is 0 Å². The van der Waals surface area contributed by atoms with Crippen molar-refractivity contribution in [2.24, 2.45) is 0 Å². The van der Waals surface area contributed by atoms with Gasteiger partial charge in [0, 0.05) is 0 Å². The number of hydrogen-bond acceptors (Lipinski definition) is 2. The van der Waals surface area contributed by atoms with Crippen molar-refractivity contribution in [2.45, 2.75) is 6.30 Å². The predicted molar refractivity (Wildman–Crippen MR) is 14.6 cm³/mol. The topological polar surface area (TPSA) is 52.2 Å². The maximum Gasteiger partial charge on any atom is 0.483 e. The molecule has 0 fully saturated rings. The van der Waals surface area contributed by atoms with Crippen LogP contribution < -0.4 is 10.4 Å². The van der Waals surface area contributed by atoms with Gasteiger partial charge in [-0.3, -0.25) is 5.32 Å². The molecule has 0 radical (unpaired) electrons. The molecule has 48 valence electrons. The van der Waals surface area contributed by atoms with Crippen molar-refractivity contribution in [1.29, 1.82) is 0 Å². The summed E-state index contributed by atoms with van der Waals surface area (Å²) < 4.78 is 32.3. The van der Waals surface area contributed by atoms with Crippen LogP contribution in [0.4, 0.5) is 18.0 Å². The first-order chi connectivity index (χ1) is 3.42. The first-order valence-electron chi connectivity index (χ1n) is 1.48. The van der Waals surface area contributed by atoms with Crippen LogP contribution in [0.1, 0.15) is 0 Å². The van der Waals surface area contributed by atoms with E-state index >= 15 is 0 Å². The van der Waals surface area contributed by atoms with E-state index in [2.05, 4.69) is 0 Å². The van der Waals surface area contributed by atoms with E-state index in [1.165, 1.54) is 0 Å². The standard InChI is InChI=1S/C2H2F3NO2/c3-2(4,5)6-1(7)8/h6H,(H,7,8)/p-1. The number of carbonyl (C=O) groups is 1. The van der Waals surface area contributed by atoms with Crippen molar-refractivity contribution in [2.75, 3.05) is 0 Å². The molecule has 0 aromatic carbocycles. The summed E-state index contributed by atoms with van der Waals surface area (Å²) in [5, 5.41) is 9.26. The summed E-state index contributed by atoms with van der Waals surface area (Å²) in [6, 6.07) is 0. The third kappa shape index (κ3) is 5.06. The van der Waals surface area contributed by atoms with E-state index < -0.39 is 12.4 Å². The number of nitrogens with one attached hydrogen (secondary N) is 1. The number of carboxylic acid groups (broad SMARTS) is 1. The van der Waals surface area contributed by atoms with E-state index in [0.717, 1.165) is 0 Å². The molecule has 0 heterocycles. The van der Waals surface area contributed by atoms with Gasteiger partial charge in [0.2, 0.25) is 0 Å². The second-order valence-electron chi connectivity index (χ2n) is 0.910. The molecule has 0 atom stereocenters. The summed E-state index contributed by atoms with van der Waals surface area (Å²) >= 11 is 0. The van der Waals surface area contributed by atoms with Gasteiger partial charge in [-0.1, -0.05) is 0 Å². The number of alkyl halides is 3. The van der Waals surface area contributed by atoms with Gasteiger partial charge in [0.1, 0.15) is 6.09 Å². The maximum atomic E-state index is 10.8. The van der Waals surface area contributed by atoms with Crippen LogP contribution >= 0.6 is 0 Å². The number of halogens is 3. The quantitative estimate of drug-likeness (QED) is 0.444. The molecule has 0 aromatic heterocycles. The molecule has 0 rings (SSSR count). The van der Waals surface area contributed by atoms with Crippen molar-refractivity contribution in [3.8, 4) is 0 Å². The van der Waals surface area contributed by atoms with Gasteiger partial charge >= 0.3 is 6.30 Å². The van der Waals surface area contributed by atoms with Crippen LogP contribution in [-0.2, 0) is 0 Å². The number of rotatable bonds is 0. The highest BCUT2D eigenvalue weighted by Crippen LogP contribution is 2.07. The van der Waals surface area contributed by atoms with Crippen LogP contribution in [0.2, 0.25) is 0 Å². The Morgan fingerprint density at radius 3 is 1.88 bits per heavy atom. The summed E-state index contributed by atoms with van der Waals surface area (Å²) in [6.07, 6.45) is -7.24. The average Bonchev–Trinajstić information content (AvgIpc) is 1.21. The maximum absolute atomic E-state index is 10.8. The van der Waals surface area contributed by atoms with Crippen molar-refractivity contribution >= 4 is 6.09 Å². The summed E-state index contributed by atoms with van der Waals surface area (Å²) in [5.41, 5.74) is 0. The van der Waals surface area contributed by atoms with Crippen molar-refractivity contribution in [3.05, 3.63) is 0 Å². The Balaban J connectivity index is 3.55. The first kappa shape index (κ1) is 7.06. The largest absolute Gasteiger partial charge is 0.530 e. The van der Waals surface area contributed by atoms with E-state index in [-0.39, 0.29) is 5.32 Å². The molecule has 0 aromatic rings. The van der Waals surface area contributed by atoms with E-state index in [1.807, 2.05) is 0 Å². The van der Waals surface area contributed by atoms with Gasteiger partial charge < -0.3 is 9.90 Å². The highest BCUT2D eigenvalue weighted by atomic mass is 19.4. The Labute approximate surface area is 42.1 Å². The molecule has 3 nitrogen and oxygen atoms in total. The van der Waals surface area contributed by atoms with Crippen molar-refractivity contribution < 1.29 is 23.1 Å². The summed E-state index contributed by atoms with van der Waals surface area (Å²) in [6.45, 7) is 0. The minimum atomic E-state index is -4.89. The summed E-state index contributed by atoms with van der Waals surface area (Å²) in [7, 11) is 0. The predicted octanol–water partition coefficient (Wildman–Crippen LogP) is -0.561. The fraction of sp³-hybridized carbons (Fsp3) is 0.500. The second-order valence-corrected chi connectivity index (χ2v) is 0.910. The lowest BCUT2D eigenvalue weighted by molar-refractivity contribution is -0.268. The molecule has 0 saturated heterocycles. The minimum Gasteiger partial charge on any atom is -0.530 e. The van der Waals surface area contributed by atoms with E-state index in [4.69, 9.17) is 9.90 Å². The zero-order valence-electron chi connectivity index (χ0n) is 3.45. The molecule has 0 saturated carbocycles. The Morgan fingerprint density at radius 1 is 1.50 bits per heavy atom. The number of carbonyl (C=O) groups excluding carboxylic acids is 1. The third-order valence-corrected chi connectivity index (χ3v) is 0.244. The van der Waals surface area contributed by atoms with Crippen molar-refractivity contribution in [3.63, 3.8) is 0 Å². The SMILES string of the molecule is O=C([O-])NC(F)(F)F. The highest BCUT2D eigenvalue weighted by Gasteiger charge is 2.26. The van der Waals surface area contributed by atoms with Gasteiger partial charge in [-0.05, 0) is 0 Å². The minimum absolute atomic E-state index is 0.188. The van der Waals surface area contributed by atoms with Gasteiger partial charge in [-0.15, -0.1) is 0 Å². The normalized spacial score (nSPS) is 10.9. The molecule has 0 aliphatic carbocycles. The lowest BCUT2D eigenvalue weighted by atomic mass is 11.0. The lowest BCUT2D eigenvalue weighted by Gasteiger charge is -2.08. The first-order valence-corrected chi connectivity index (χ1v) is 1.48. The van der Waals surface area contributed by atoms with E-state index in [0.29, 0.717) is 0 Å². The molecule has 8 heavy (non-hydrogen) atoms. The lowest BCUT2D eigenvalue weighted by Crippen LogP contribution is -2.45. The van der Waals surface area contributed by atoms with Crippen LogP contribution in [0.3, 0.4) is 0 Å². The van der Waals surface area contributed by atoms with Crippen LogP contribution in [-0.4, -0.2) is 12.4 Å². The molecule has 0 aliphatic heterocycles. The fourth-order valence-corrected chi connectivity index (χ4v) is 0.116. The molecular formula is C2HF3NO2-. The monoisotopic (exact) mass is 128 g/mol. The van der Waals surface area contributed by atoms with Crippen LogP contribution in [0.5, 0.6) is 0 Å². The molecule has 1 N–H and O–H groups in total. The zero-order valence-corrected chi connectivity index (χ0v) is 3.45. The molecule has 0 spiro atoms. The van der Waals surface area contributed by atoms with Gasteiger partial charge in [0.15, 0.2) is 0 Å². The molecule has 1 amide bonds. The Kier molecular flexibility index (Phi) is 1.67. The van der Waals surface area contributed by atoms with Crippen LogP contribution in [0.15, 0.2) is 0 Å².